The van der Waals surface area contributed by atoms with Crippen molar-refractivity contribution in [2.75, 3.05) is 7.11 Å². The second-order valence-electron chi connectivity index (χ2n) is 4.28. The highest BCUT2D eigenvalue weighted by atomic mass is 19.1. The zero-order valence-electron chi connectivity index (χ0n) is 11.0. The van der Waals surface area contributed by atoms with Crippen LogP contribution >= 0.6 is 0 Å². The Bertz CT molecular complexity index is 554. The molecular weight excluding hydrogens is 247 g/mol. The number of aliphatic hydroxyl groups is 1. The topological polar surface area (TPSA) is 47.3 Å². The number of benzene rings is 1. The number of nitrogens with zero attached hydrogens (tertiary/aromatic N) is 2. The highest BCUT2D eigenvalue weighted by molar-refractivity contribution is 5.35. The second-order valence-corrected chi connectivity index (χ2v) is 4.28. The first-order valence-electron chi connectivity index (χ1n) is 6.19. The SMILES string of the molecule is CCCn1cncc1C(O)c1cccc(OC)c1F. The molecule has 1 aromatic heterocycles. The molecule has 0 aliphatic carbocycles. The summed E-state index contributed by atoms with van der Waals surface area (Å²) in [5.74, 6) is -0.417. The van der Waals surface area contributed by atoms with Crippen molar-refractivity contribution in [3.63, 3.8) is 0 Å². The van der Waals surface area contributed by atoms with Crippen LogP contribution in [0.15, 0.2) is 30.7 Å². The van der Waals surface area contributed by atoms with Crippen LogP contribution in [0.3, 0.4) is 0 Å². The van der Waals surface area contributed by atoms with E-state index < -0.39 is 11.9 Å². The van der Waals surface area contributed by atoms with Crippen molar-refractivity contribution < 1.29 is 14.2 Å². The van der Waals surface area contributed by atoms with Gasteiger partial charge in [0.05, 0.1) is 25.3 Å². The predicted octanol–water partition coefficient (Wildman–Crippen LogP) is 2.52. The van der Waals surface area contributed by atoms with Gasteiger partial charge in [-0.05, 0) is 12.5 Å². The van der Waals surface area contributed by atoms with Crippen molar-refractivity contribution in [3.8, 4) is 5.75 Å². The maximum absolute atomic E-state index is 14.1. The molecule has 5 heteroatoms. The molecule has 1 N–H and O–H groups in total. The molecule has 1 heterocycles. The van der Waals surface area contributed by atoms with E-state index in [2.05, 4.69) is 4.98 Å². The van der Waals surface area contributed by atoms with Crippen LogP contribution in [0.5, 0.6) is 5.75 Å². The lowest BCUT2D eigenvalue weighted by molar-refractivity contribution is 0.203. The van der Waals surface area contributed by atoms with Crippen LogP contribution in [0, 0.1) is 5.82 Å². The van der Waals surface area contributed by atoms with E-state index in [4.69, 9.17) is 4.74 Å². The zero-order chi connectivity index (χ0) is 13.8. The lowest BCUT2D eigenvalue weighted by Gasteiger charge is -2.15. The van der Waals surface area contributed by atoms with Gasteiger partial charge in [0.25, 0.3) is 0 Å². The fourth-order valence-corrected chi connectivity index (χ4v) is 2.04. The van der Waals surface area contributed by atoms with E-state index in [0.717, 1.165) is 13.0 Å². The van der Waals surface area contributed by atoms with Crippen molar-refractivity contribution >= 4 is 0 Å². The smallest absolute Gasteiger partial charge is 0.171 e. The number of hydrogen-bond acceptors (Lipinski definition) is 3. The van der Waals surface area contributed by atoms with E-state index in [-0.39, 0.29) is 11.3 Å². The second kappa shape index (κ2) is 5.84. The molecule has 1 aromatic carbocycles. The summed E-state index contributed by atoms with van der Waals surface area (Å²) in [6.07, 6.45) is 3.06. The number of aliphatic hydroxyl groups excluding tert-OH is 1. The van der Waals surface area contributed by atoms with Gasteiger partial charge in [0.2, 0.25) is 0 Å². The molecule has 1 unspecified atom stereocenters. The fourth-order valence-electron chi connectivity index (χ4n) is 2.04. The predicted molar refractivity (Wildman–Crippen MR) is 69.5 cm³/mol. The van der Waals surface area contributed by atoms with Crippen molar-refractivity contribution in [1.82, 2.24) is 9.55 Å². The Kier molecular flexibility index (Phi) is 4.16. The molecule has 0 amide bonds. The van der Waals surface area contributed by atoms with Crippen LogP contribution in [0.4, 0.5) is 4.39 Å². The molecule has 102 valence electrons. The number of aryl methyl sites for hydroxylation is 1. The fraction of sp³-hybridized carbons (Fsp3) is 0.357. The highest BCUT2D eigenvalue weighted by Crippen LogP contribution is 2.29. The Balaban J connectivity index is 2.38. The number of ether oxygens (including phenoxy) is 1. The molecule has 0 radical (unpaired) electrons. The van der Waals surface area contributed by atoms with Crippen molar-refractivity contribution in [3.05, 3.63) is 47.8 Å². The number of halogens is 1. The molecule has 2 rings (SSSR count). The van der Waals surface area contributed by atoms with Gasteiger partial charge in [-0.15, -0.1) is 0 Å². The Morgan fingerprint density at radius 2 is 2.26 bits per heavy atom. The third-order valence-electron chi connectivity index (χ3n) is 3.00. The van der Waals surface area contributed by atoms with Gasteiger partial charge in [0.1, 0.15) is 6.10 Å². The molecule has 0 saturated heterocycles. The van der Waals surface area contributed by atoms with E-state index in [1.165, 1.54) is 13.2 Å². The van der Waals surface area contributed by atoms with Crippen molar-refractivity contribution in [1.29, 1.82) is 0 Å². The van der Waals surface area contributed by atoms with Gasteiger partial charge in [-0.1, -0.05) is 19.1 Å². The molecule has 4 nitrogen and oxygen atoms in total. The average molecular weight is 264 g/mol. The summed E-state index contributed by atoms with van der Waals surface area (Å²) in [6, 6.07) is 4.72. The Morgan fingerprint density at radius 1 is 1.47 bits per heavy atom. The molecule has 0 aliphatic heterocycles. The minimum atomic E-state index is -1.05. The Morgan fingerprint density at radius 3 is 2.95 bits per heavy atom. The number of hydrogen-bond donors (Lipinski definition) is 1. The van der Waals surface area contributed by atoms with Crippen LogP contribution < -0.4 is 4.74 Å². The van der Waals surface area contributed by atoms with Gasteiger partial charge in [0.15, 0.2) is 11.6 Å². The first-order chi connectivity index (χ1) is 9.19. The summed E-state index contributed by atoms with van der Waals surface area (Å²) in [5, 5.41) is 10.3. The maximum Gasteiger partial charge on any atom is 0.171 e. The third-order valence-corrected chi connectivity index (χ3v) is 3.00. The summed E-state index contributed by atoms with van der Waals surface area (Å²) in [5.41, 5.74) is 0.770. The van der Waals surface area contributed by atoms with E-state index in [0.29, 0.717) is 5.69 Å². The zero-order valence-corrected chi connectivity index (χ0v) is 11.0. The summed E-state index contributed by atoms with van der Waals surface area (Å²) in [7, 11) is 1.40. The molecule has 1 atom stereocenters. The molecule has 0 bridgehead atoms. The van der Waals surface area contributed by atoms with Gasteiger partial charge in [-0.25, -0.2) is 9.37 Å². The number of imidazole rings is 1. The Labute approximate surface area is 111 Å². The quantitative estimate of drug-likeness (QED) is 0.902. The van der Waals surface area contributed by atoms with Gasteiger partial charge < -0.3 is 14.4 Å². The van der Waals surface area contributed by atoms with E-state index >= 15 is 0 Å². The van der Waals surface area contributed by atoms with Crippen LogP contribution in [0.1, 0.15) is 30.7 Å². The normalized spacial score (nSPS) is 12.4. The Hall–Kier alpha value is -1.88. The van der Waals surface area contributed by atoms with Gasteiger partial charge in [0, 0.05) is 12.1 Å². The monoisotopic (exact) mass is 264 g/mol. The maximum atomic E-state index is 14.1. The molecule has 0 saturated carbocycles. The van der Waals surface area contributed by atoms with Crippen LogP contribution in [0.25, 0.3) is 0 Å². The summed E-state index contributed by atoms with van der Waals surface area (Å²) in [6.45, 7) is 2.76. The number of rotatable bonds is 5. The molecule has 0 spiro atoms. The largest absolute Gasteiger partial charge is 0.494 e. The van der Waals surface area contributed by atoms with Gasteiger partial charge in [-0.2, -0.15) is 0 Å². The lowest BCUT2D eigenvalue weighted by atomic mass is 10.1. The summed E-state index contributed by atoms with van der Waals surface area (Å²) < 4.78 is 20.9. The minimum absolute atomic E-state index is 0.123. The van der Waals surface area contributed by atoms with Crippen LogP contribution in [0.2, 0.25) is 0 Å². The number of methoxy groups -OCH3 is 1. The van der Waals surface area contributed by atoms with Gasteiger partial charge in [-0.3, -0.25) is 0 Å². The third kappa shape index (κ3) is 2.61. The first kappa shape index (κ1) is 13.5. The van der Waals surface area contributed by atoms with E-state index in [1.54, 1.807) is 24.7 Å². The summed E-state index contributed by atoms with van der Waals surface area (Å²) >= 11 is 0. The molecule has 0 aliphatic rings. The minimum Gasteiger partial charge on any atom is -0.494 e. The molecule has 0 fully saturated rings. The molecule has 19 heavy (non-hydrogen) atoms. The first-order valence-corrected chi connectivity index (χ1v) is 6.19. The standard InChI is InChI=1S/C14H17FN2O2/c1-3-7-17-9-16-8-11(17)14(18)10-5-4-6-12(19-2)13(10)15/h4-6,8-9,14,18H,3,7H2,1-2H3. The van der Waals surface area contributed by atoms with Gasteiger partial charge >= 0.3 is 0 Å². The van der Waals surface area contributed by atoms with E-state index in [9.17, 15) is 9.50 Å². The summed E-state index contributed by atoms with van der Waals surface area (Å²) in [4.78, 5) is 4.01. The van der Waals surface area contributed by atoms with Crippen molar-refractivity contribution in [2.45, 2.75) is 26.0 Å². The average Bonchev–Trinajstić information content (AvgIpc) is 2.87. The lowest BCUT2D eigenvalue weighted by Crippen LogP contribution is -2.10. The number of aromatic nitrogens is 2. The van der Waals surface area contributed by atoms with Crippen molar-refractivity contribution in [2.24, 2.45) is 0 Å². The highest BCUT2D eigenvalue weighted by Gasteiger charge is 2.20. The van der Waals surface area contributed by atoms with Crippen LogP contribution in [-0.4, -0.2) is 21.8 Å². The molecule has 2 aromatic rings. The molecular formula is C14H17FN2O2. The van der Waals surface area contributed by atoms with Crippen LogP contribution in [-0.2, 0) is 6.54 Å². The van der Waals surface area contributed by atoms with E-state index in [1.807, 2.05) is 11.5 Å².